The fourth-order valence-corrected chi connectivity index (χ4v) is 2.44. The Morgan fingerprint density at radius 3 is 2.94 bits per heavy atom. The van der Waals surface area contributed by atoms with Crippen LogP contribution in [0.1, 0.15) is 36.7 Å². The Labute approximate surface area is 98.6 Å². The van der Waals surface area contributed by atoms with Crippen LogP contribution in [0.2, 0.25) is 0 Å². The molecule has 17 heavy (non-hydrogen) atoms. The van der Waals surface area contributed by atoms with Crippen molar-refractivity contribution in [2.45, 2.75) is 31.7 Å². The number of carbonyl (C=O) groups excluding carboxylic acids is 1. The summed E-state index contributed by atoms with van der Waals surface area (Å²) in [4.78, 5) is 25.0. The topological polar surface area (TPSA) is 86.3 Å². The van der Waals surface area contributed by atoms with Crippen molar-refractivity contribution in [1.82, 2.24) is 15.1 Å². The minimum Gasteiger partial charge on any atom is -0.479 e. The number of likely N-dealkylation sites (tertiary alicyclic amines) is 1. The Kier molecular flexibility index (Phi) is 2.87. The smallest absolute Gasteiger partial charge is 0.329 e. The second kappa shape index (κ2) is 4.20. The predicted molar refractivity (Wildman–Crippen MR) is 59.5 cm³/mol. The van der Waals surface area contributed by atoms with Crippen LogP contribution in [0.3, 0.4) is 0 Å². The molecule has 6 nitrogen and oxygen atoms in total. The largest absolute Gasteiger partial charge is 0.479 e. The number of aromatic amines is 1. The SMILES string of the molecule is CCC1(C(=O)O)CCCN1C(=O)c1ccn[nH]1. The van der Waals surface area contributed by atoms with Crippen LogP contribution in [0.5, 0.6) is 0 Å². The molecule has 1 amide bonds. The first-order valence-corrected chi connectivity index (χ1v) is 5.66. The highest BCUT2D eigenvalue weighted by Gasteiger charge is 2.48. The fraction of sp³-hybridized carbons (Fsp3) is 0.545. The van der Waals surface area contributed by atoms with Crippen LogP contribution in [0.25, 0.3) is 0 Å². The first-order chi connectivity index (χ1) is 8.12. The number of hydrogen-bond acceptors (Lipinski definition) is 3. The van der Waals surface area contributed by atoms with Gasteiger partial charge in [0.25, 0.3) is 5.91 Å². The molecule has 0 aromatic carbocycles. The molecule has 0 saturated carbocycles. The highest BCUT2D eigenvalue weighted by atomic mass is 16.4. The van der Waals surface area contributed by atoms with Crippen molar-refractivity contribution in [2.24, 2.45) is 0 Å². The lowest BCUT2D eigenvalue weighted by atomic mass is 9.93. The standard InChI is InChI=1S/C11H15N3O3/c1-2-11(10(16)17)5-3-7-14(11)9(15)8-4-6-12-13-8/h4,6H,2-3,5,7H2,1H3,(H,12,13)(H,16,17). The predicted octanol–water partition coefficient (Wildman–Crippen LogP) is 0.879. The molecule has 0 bridgehead atoms. The van der Waals surface area contributed by atoms with Gasteiger partial charge in [-0.2, -0.15) is 5.10 Å². The Morgan fingerprint density at radius 1 is 1.65 bits per heavy atom. The molecule has 1 atom stereocenters. The number of nitrogens with one attached hydrogen (secondary N) is 1. The zero-order chi connectivity index (χ0) is 12.5. The molecule has 0 radical (unpaired) electrons. The van der Waals surface area contributed by atoms with Crippen molar-refractivity contribution in [3.63, 3.8) is 0 Å². The maximum absolute atomic E-state index is 12.2. The number of hydrogen-bond donors (Lipinski definition) is 2. The van der Waals surface area contributed by atoms with Crippen molar-refractivity contribution in [3.8, 4) is 0 Å². The van der Waals surface area contributed by atoms with Gasteiger partial charge in [0, 0.05) is 12.7 Å². The molecule has 1 aromatic rings. The van der Waals surface area contributed by atoms with Gasteiger partial charge in [-0.1, -0.05) is 6.92 Å². The van der Waals surface area contributed by atoms with E-state index in [1.54, 1.807) is 13.0 Å². The van der Waals surface area contributed by atoms with E-state index < -0.39 is 11.5 Å². The summed E-state index contributed by atoms with van der Waals surface area (Å²) in [7, 11) is 0. The average molecular weight is 237 g/mol. The molecule has 1 aromatic heterocycles. The number of carboxylic acid groups (broad SMARTS) is 1. The molecule has 1 fully saturated rings. The van der Waals surface area contributed by atoms with Crippen LogP contribution in [-0.2, 0) is 4.79 Å². The van der Waals surface area contributed by atoms with Gasteiger partial charge in [0.05, 0.1) is 0 Å². The van der Waals surface area contributed by atoms with E-state index >= 15 is 0 Å². The summed E-state index contributed by atoms with van der Waals surface area (Å²) in [5.41, 5.74) is -0.715. The first kappa shape index (κ1) is 11.6. The summed E-state index contributed by atoms with van der Waals surface area (Å²) in [6, 6.07) is 1.56. The summed E-state index contributed by atoms with van der Waals surface area (Å²) in [5.74, 6) is -1.21. The van der Waals surface area contributed by atoms with Gasteiger partial charge in [-0.15, -0.1) is 0 Å². The zero-order valence-electron chi connectivity index (χ0n) is 9.64. The van der Waals surface area contributed by atoms with Crippen LogP contribution in [0.4, 0.5) is 0 Å². The molecule has 1 aliphatic rings. The molecule has 1 unspecified atom stereocenters. The second-order valence-corrected chi connectivity index (χ2v) is 4.22. The molecule has 2 N–H and O–H groups in total. The molecule has 2 heterocycles. The van der Waals surface area contributed by atoms with E-state index in [-0.39, 0.29) is 5.91 Å². The third kappa shape index (κ3) is 1.69. The van der Waals surface area contributed by atoms with Gasteiger partial charge < -0.3 is 10.0 Å². The lowest BCUT2D eigenvalue weighted by Crippen LogP contribution is -2.52. The minimum absolute atomic E-state index is 0.288. The molecule has 1 aliphatic heterocycles. The van der Waals surface area contributed by atoms with Crippen LogP contribution < -0.4 is 0 Å². The normalized spacial score (nSPS) is 23.9. The Balaban J connectivity index is 2.31. The summed E-state index contributed by atoms with van der Waals surface area (Å²) in [6.07, 6.45) is 3.14. The first-order valence-electron chi connectivity index (χ1n) is 5.66. The summed E-state index contributed by atoms with van der Waals surface area (Å²) in [6.45, 7) is 2.28. The van der Waals surface area contributed by atoms with E-state index in [2.05, 4.69) is 10.2 Å². The van der Waals surface area contributed by atoms with Crippen molar-refractivity contribution >= 4 is 11.9 Å². The van der Waals surface area contributed by atoms with E-state index in [1.807, 2.05) is 0 Å². The molecule has 0 spiro atoms. The number of carboxylic acids is 1. The quantitative estimate of drug-likeness (QED) is 0.817. The number of nitrogens with zero attached hydrogens (tertiary/aromatic N) is 2. The lowest BCUT2D eigenvalue weighted by Gasteiger charge is -2.33. The van der Waals surface area contributed by atoms with Gasteiger partial charge in [0.15, 0.2) is 0 Å². The molecular weight excluding hydrogens is 222 g/mol. The molecule has 6 heteroatoms. The van der Waals surface area contributed by atoms with Gasteiger partial charge in [-0.05, 0) is 25.3 Å². The Morgan fingerprint density at radius 2 is 2.41 bits per heavy atom. The molecule has 92 valence electrons. The Bertz CT molecular complexity index is 429. The number of rotatable bonds is 3. The average Bonchev–Trinajstić information content (AvgIpc) is 2.97. The number of aliphatic carboxylic acids is 1. The molecule has 0 aliphatic carbocycles. The lowest BCUT2D eigenvalue weighted by molar-refractivity contribution is -0.148. The van der Waals surface area contributed by atoms with Gasteiger partial charge >= 0.3 is 5.97 Å². The van der Waals surface area contributed by atoms with Crippen molar-refractivity contribution < 1.29 is 14.7 Å². The van der Waals surface area contributed by atoms with Crippen molar-refractivity contribution in [2.75, 3.05) is 6.54 Å². The number of H-pyrrole nitrogens is 1. The van der Waals surface area contributed by atoms with E-state index in [1.165, 1.54) is 11.1 Å². The monoisotopic (exact) mass is 237 g/mol. The zero-order valence-corrected chi connectivity index (χ0v) is 9.64. The summed E-state index contributed by atoms with van der Waals surface area (Å²) in [5, 5.41) is 15.7. The highest BCUT2D eigenvalue weighted by molar-refractivity contribution is 5.96. The second-order valence-electron chi connectivity index (χ2n) is 4.22. The maximum atomic E-state index is 12.2. The van der Waals surface area contributed by atoms with E-state index in [0.29, 0.717) is 25.1 Å². The third-order valence-electron chi connectivity index (χ3n) is 3.45. The highest BCUT2D eigenvalue weighted by Crippen LogP contribution is 2.33. The van der Waals surface area contributed by atoms with Crippen LogP contribution in [0.15, 0.2) is 12.3 Å². The van der Waals surface area contributed by atoms with Crippen LogP contribution >= 0.6 is 0 Å². The van der Waals surface area contributed by atoms with E-state index in [0.717, 1.165) is 6.42 Å². The van der Waals surface area contributed by atoms with Crippen molar-refractivity contribution in [1.29, 1.82) is 0 Å². The summed E-state index contributed by atoms with van der Waals surface area (Å²) >= 11 is 0. The third-order valence-corrected chi connectivity index (χ3v) is 3.45. The molecular formula is C11H15N3O3. The molecule has 1 saturated heterocycles. The van der Waals surface area contributed by atoms with Gasteiger partial charge in [0.2, 0.25) is 0 Å². The number of carbonyl (C=O) groups is 2. The fourth-order valence-electron chi connectivity index (χ4n) is 2.44. The van der Waals surface area contributed by atoms with Crippen LogP contribution in [0, 0.1) is 0 Å². The van der Waals surface area contributed by atoms with Crippen molar-refractivity contribution in [3.05, 3.63) is 18.0 Å². The van der Waals surface area contributed by atoms with Gasteiger partial charge in [0.1, 0.15) is 11.2 Å². The van der Waals surface area contributed by atoms with Crippen LogP contribution in [-0.4, -0.2) is 44.2 Å². The maximum Gasteiger partial charge on any atom is 0.329 e. The minimum atomic E-state index is -1.05. The van der Waals surface area contributed by atoms with Gasteiger partial charge in [-0.3, -0.25) is 9.89 Å². The molecule has 2 rings (SSSR count). The summed E-state index contributed by atoms with van der Waals surface area (Å²) < 4.78 is 0. The Hall–Kier alpha value is -1.85. The van der Waals surface area contributed by atoms with Gasteiger partial charge in [-0.25, -0.2) is 4.79 Å². The number of amides is 1. The number of aromatic nitrogens is 2. The van der Waals surface area contributed by atoms with E-state index in [4.69, 9.17) is 0 Å². The van der Waals surface area contributed by atoms with E-state index in [9.17, 15) is 14.7 Å².